The van der Waals surface area contributed by atoms with E-state index in [1.165, 1.54) is 0 Å². The molecule has 0 aliphatic rings. The second-order valence-corrected chi connectivity index (χ2v) is 5.99. The standard InChI is InChI=1S/C22H22N2O3/c1-26-18-12-10-16(11-13-18)21(19-8-5-6-14-23-19)22(25)24-15-17-7-3-4-9-20(17)27-2/h3-14,21H,15H2,1-2H3,(H,24,25). The van der Waals surface area contributed by atoms with Crippen LogP contribution in [0, 0.1) is 0 Å². The molecule has 1 amide bonds. The summed E-state index contributed by atoms with van der Waals surface area (Å²) >= 11 is 0. The van der Waals surface area contributed by atoms with Gasteiger partial charge in [-0.2, -0.15) is 0 Å². The maximum atomic E-state index is 13.0. The number of hydrogen-bond donors (Lipinski definition) is 1. The van der Waals surface area contributed by atoms with E-state index in [0.29, 0.717) is 12.2 Å². The summed E-state index contributed by atoms with van der Waals surface area (Å²) in [6, 6.07) is 20.7. The molecule has 5 heteroatoms. The fraction of sp³-hybridized carbons (Fsp3) is 0.182. The molecule has 27 heavy (non-hydrogen) atoms. The lowest BCUT2D eigenvalue weighted by molar-refractivity contribution is -0.121. The monoisotopic (exact) mass is 362 g/mol. The normalized spacial score (nSPS) is 11.5. The Hall–Kier alpha value is -3.34. The largest absolute Gasteiger partial charge is 0.497 e. The summed E-state index contributed by atoms with van der Waals surface area (Å²) in [5.41, 5.74) is 2.47. The summed E-state index contributed by atoms with van der Waals surface area (Å²) < 4.78 is 10.6. The first-order valence-corrected chi connectivity index (χ1v) is 8.67. The summed E-state index contributed by atoms with van der Waals surface area (Å²) in [6.45, 7) is 0.377. The number of benzene rings is 2. The number of ether oxygens (including phenoxy) is 2. The third-order valence-electron chi connectivity index (χ3n) is 4.34. The zero-order valence-electron chi connectivity index (χ0n) is 15.4. The van der Waals surface area contributed by atoms with Crippen molar-refractivity contribution in [3.8, 4) is 11.5 Å². The molecule has 1 heterocycles. The van der Waals surface area contributed by atoms with Gasteiger partial charge >= 0.3 is 0 Å². The third kappa shape index (κ3) is 4.44. The lowest BCUT2D eigenvalue weighted by Gasteiger charge is -2.18. The van der Waals surface area contributed by atoms with Crippen molar-refractivity contribution in [3.63, 3.8) is 0 Å². The first-order chi connectivity index (χ1) is 13.2. The highest BCUT2D eigenvalue weighted by Crippen LogP contribution is 2.26. The zero-order chi connectivity index (χ0) is 19.1. The van der Waals surface area contributed by atoms with Crippen LogP contribution in [-0.4, -0.2) is 25.1 Å². The average Bonchev–Trinajstić information content (AvgIpc) is 2.74. The van der Waals surface area contributed by atoms with E-state index in [1.807, 2.05) is 66.7 Å². The highest BCUT2D eigenvalue weighted by Gasteiger charge is 2.24. The molecule has 0 radical (unpaired) electrons. The predicted octanol–water partition coefficient (Wildman–Crippen LogP) is 3.55. The van der Waals surface area contributed by atoms with Crippen molar-refractivity contribution in [1.82, 2.24) is 10.3 Å². The molecule has 0 saturated carbocycles. The fourth-order valence-corrected chi connectivity index (χ4v) is 2.93. The molecule has 0 spiro atoms. The Morgan fingerprint density at radius 1 is 0.963 bits per heavy atom. The highest BCUT2D eigenvalue weighted by molar-refractivity contribution is 5.86. The molecular weight excluding hydrogens is 340 g/mol. The lowest BCUT2D eigenvalue weighted by Crippen LogP contribution is -2.30. The average molecular weight is 362 g/mol. The Morgan fingerprint density at radius 3 is 2.37 bits per heavy atom. The van der Waals surface area contributed by atoms with Gasteiger partial charge in [-0.1, -0.05) is 36.4 Å². The Bertz CT molecular complexity index is 880. The molecule has 0 bridgehead atoms. The molecular formula is C22H22N2O3. The molecule has 0 saturated heterocycles. The minimum Gasteiger partial charge on any atom is -0.497 e. The Morgan fingerprint density at radius 2 is 1.70 bits per heavy atom. The van der Waals surface area contributed by atoms with Gasteiger partial charge in [-0.05, 0) is 35.9 Å². The van der Waals surface area contributed by atoms with Crippen molar-refractivity contribution in [2.45, 2.75) is 12.5 Å². The van der Waals surface area contributed by atoms with E-state index in [4.69, 9.17) is 9.47 Å². The van der Waals surface area contributed by atoms with E-state index in [9.17, 15) is 4.79 Å². The number of hydrogen-bond acceptors (Lipinski definition) is 4. The van der Waals surface area contributed by atoms with Gasteiger partial charge in [-0.15, -0.1) is 0 Å². The lowest BCUT2D eigenvalue weighted by atomic mass is 9.94. The number of rotatable bonds is 7. The minimum atomic E-state index is -0.508. The SMILES string of the molecule is COc1ccc(C(C(=O)NCc2ccccc2OC)c2ccccn2)cc1. The second-order valence-electron chi connectivity index (χ2n) is 5.99. The Balaban J connectivity index is 1.84. The van der Waals surface area contributed by atoms with Crippen LogP contribution >= 0.6 is 0 Å². The maximum Gasteiger partial charge on any atom is 0.233 e. The number of aromatic nitrogens is 1. The van der Waals surface area contributed by atoms with Crippen molar-refractivity contribution in [2.24, 2.45) is 0 Å². The number of amides is 1. The van der Waals surface area contributed by atoms with Gasteiger partial charge in [0, 0.05) is 18.3 Å². The van der Waals surface area contributed by atoms with E-state index in [0.717, 1.165) is 22.6 Å². The smallest absolute Gasteiger partial charge is 0.233 e. The van der Waals surface area contributed by atoms with Crippen LogP contribution in [0.2, 0.25) is 0 Å². The molecule has 5 nitrogen and oxygen atoms in total. The summed E-state index contributed by atoms with van der Waals surface area (Å²) in [5.74, 6) is 0.862. The molecule has 3 rings (SSSR count). The first kappa shape index (κ1) is 18.5. The van der Waals surface area contributed by atoms with Crippen LogP contribution in [0.1, 0.15) is 22.7 Å². The van der Waals surface area contributed by atoms with Crippen LogP contribution in [-0.2, 0) is 11.3 Å². The van der Waals surface area contributed by atoms with Crippen LogP contribution in [0.5, 0.6) is 11.5 Å². The molecule has 1 N–H and O–H groups in total. The number of methoxy groups -OCH3 is 2. The van der Waals surface area contributed by atoms with Gasteiger partial charge in [0.1, 0.15) is 17.4 Å². The van der Waals surface area contributed by atoms with Gasteiger partial charge in [0.2, 0.25) is 5.91 Å². The van der Waals surface area contributed by atoms with Crippen molar-refractivity contribution in [1.29, 1.82) is 0 Å². The van der Waals surface area contributed by atoms with Crippen LogP contribution in [0.15, 0.2) is 72.9 Å². The molecule has 0 fully saturated rings. The van der Waals surface area contributed by atoms with Crippen LogP contribution < -0.4 is 14.8 Å². The molecule has 3 aromatic rings. The van der Waals surface area contributed by atoms with Crippen molar-refractivity contribution in [3.05, 3.63) is 89.7 Å². The Labute approximate surface area is 159 Å². The van der Waals surface area contributed by atoms with Gasteiger partial charge in [0.25, 0.3) is 0 Å². The summed E-state index contributed by atoms with van der Waals surface area (Å²) in [4.78, 5) is 17.4. The highest BCUT2D eigenvalue weighted by atomic mass is 16.5. The summed E-state index contributed by atoms with van der Waals surface area (Å²) in [7, 11) is 3.24. The molecule has 0 aliphatic carbocycles. The van der Waals surface area contributed by atoms with Crippen molar-refractivity contribution >= 4 is 5.91 Å². The molecule has 138 valence electrons. The molecule has 2 aromatic carbocycles. The van der Waals surface area contributed by atoms with Gasteiger partial charge < -0.3 is 14.8 Å². The minimum absolute atomic E-state index is 0.121. The number of pyridine rings is 1. The van der Waals surface area contributed by atoms with Gasteiger partial charge in [0.15, 0.2) is 0 Å². The number of carbonyl (C=O) groups excluding carboxylic acids is 1. The predicted molar refractivity (Wildman–Crippen MR) is 104 cm³/mol. The topological polar surface area (TPSA) is 60.5 Å². The summed E-state index contributed by atoms with van der Waals surface area (Å²) in [6.07, 6.45) is 1.69. The van der Waals surface area contributed by atoms with E-state index >= 15 is 0 Å². The van der Waals surface area contributed by atoms with E-state index in [1.54, 1.807) is 20.4 Å². The Kier molecular flexibility index (Phi) is 6.05. The molecule has 0 aliphatic heterocycles. The molecule has 1 unspecified atom stereocenters. The van der Waals surface area contributed by atoms with Gasteiger partial charge in [0.05, 0.1) is 19.9 Å². The zero-order valence-corrected chi connectivity index (χ0v) is 15.4. The van der Waals surface area contributed by atoms with Gasteiger partial charge in [-0.25, -0.2) is 0 Å². The third-order valence-corrected chi connectivity index (χ3v) is 4.34. The maximum absolute atomic E-state index is 13.0. The second kappa shape index (κ2) is 8.85. The molecule has 1 atom stereocenters. The van der Waals surface area contributed by atoms with Crippen molar-refractivity contribution < 1.29 is 14.3 Å². The number of nitrogens with one attached hydrogen (secondary N) is 1. The van der Waals surface area contributed by atoms with Crippen LogP contribution in [0.25, 0.3) is 0 Å². The quantitative estimate of drug-likeness (QED) is 0.698. The van der Waals surface area contributed by atoms with Crippen LogP contribution in [0.3, 0.4) is 0 Å². The van der Waals surface area contributed by atoms with E-state index in [2.05, 4.69) is 10.3 Å². The number of para-hydroxylation sites is 1. The molecule has 1 aromatic heterocycles. The van der Waals surface area contributed by atoms with Crippen molar-refractivity contribution in [2.75, 3.05) is 14.2 Å². The number of carbonyl (C=O) groups is 1. The van der Waals surface area contributed by atoms with Gasteiger partial charge in [-0.3, -0.25) is 9.78 Å². The first-order valence-electron chi connectivity index (χ1n) is 8.67. The van der Waals surface area contributed by atoms with E-state index < -0.39 is 5.92 Å². The number of nitrogens with zero attached hydrogens (tertiary/aromatic N) is 1. The summed E-state index contributed by atoms with van der Waals surface area (Å²) in [5, 5.41) is 3.01. The fourth-order valence-electron chi connectivity index (χ4n) is 2.93. The van der Waals surface area contributed by atoms with Crippen LogP contribution in [0.4, 0.5) is 0 Å². The van der Waals surface area contributed by atoms with E-state index in [-0.39, 0.29) is 5.91 Å².